The van der Waals surface area contributed by atoms with Crippen LogP contribution in [-0.4, -0.2) is 29.0 Å². The number of hydrogen-bond donors (Lipinski definition) is 1. The van der Waals surface area contributed by atoms with Crippen molar-refractivity contribution >= 4 is 29.5 Å². The Balaban J connectivity index is 1.86. The first-order valence-corrected chi connectivity index (χ1v) is 10.1. The summed E-state index contributed by atoms with van der Waals surface area (Å²) in [4.78, 5) is 11.6. The van der Waals surface area contributed by atoms with E-state index in [1.165, 1.54) is 24.1 Å². The predicted molar refractivity (Wildman–Crippen MR) is 114 cm³/mol. The molecule has 0 aromatic heterocycles. The fourth-order valence-electron chi connectivity index (χ4n) is 2.88. The van der Waals surface area contributed by atoms with Gasteiger partial charge in [-0.2, -0.15) is 0 Å². The lowest BCUT2D eigenvalue weighted by Gasteiger charge is -2.18. The van der Waals surface area contributed by atoms with Crippen LogP contribution in [0.2, 0.25) is 5.02 Å². The van der Waals surface area contributed by atoms with Gasteiger partial charge in [-0.15, -0.1) is 0 Å². The van der Waals surface area contributed by atoms with Gasteiger partial charge in [0.1, 0.15) is 23.2 Å². The maximum Gasteiger partial charge on any atom is 0.341 e. The van der Waals surface area contributed by atoms with Crippen molar-refractivity contribution < 1.29 is 27.8 Å². The summed E-state index contributed by atoms with van der Waals surface area (Å²) in [6.07, 6.45) is 0. The summed E-state index contributed by atoms with van der Waals surface area (Å²) in [7, 11) is 1.82. The Labute approximate surface area is 186 Å². The Hall–Kier alpha value is -2.68. The van der Waals surface area contributed by atoms with E-state index in [0.29, 0.717) is 12.1 Å². The summed E-state index contributed by atoms with van der Waals surface area (Å²) in [5, 5.41) is 8.91. The molecule has 4 nitrogen and oxygen atoms in total. The van der Waals surface area contributed by atoms with Crippen LogP contribution in [0.1, 0.15) is 5.56 Å². The molecule has 0 aliphatic heterocycles. The van der Waals surface area contributed by atoms with E-state index in [2.05, 4.69) is 0 Å². The van der Waals surface area contributed by atoms with Crippen LogP contribution in [0.4, 0.5) is 13.2 Å². The number of aliphatic carboxylic acids is 1. The molecular formula is C22H17ClF3NO3S. The van der Waals surface area contributed by atoms with Crippen molar-refractivity contribution in [2.45, 2.75) is 11.4 Å². The lowest BCUT2D eigenvalue weighted by Crippen LogP contribution is -2.11. The molecule has 3 aromatic carbocycles. The molecule has 31 heavy (non-hydrogen) atoms. The van der Waals surface area contributed by atoms with E-state index in [4.69, 9.17) is 21.4 Å². The second-order valence-electron chi connectivity index (χ2n) is 6.62. The van der Waals surface area contributed by atoms with Gasteiger partial charge in [0.05, 0.1) is 5.02 Å². The molecule has 0 spiro atoms. The van der Waals surface area contributed by atoms with Crippen LogP contribution in [0.5, 0.6) is 5.75 Å². The zero-order valence-corrected chi connectivity index (χ0v) is 17.8. The van der Waals surface area contributed by atoms with Crippen molar-refractivity contribution in [3.05, 3.63) is 82.6 Å². The lowest BCUT2D eigenvalue weighted by atomic mass is 10.0. The molecular weight excluding hydrogens is 451 g/mol. The second-order valence-corrected chi connectivity index (χ2v) is 8.31. The zero-order valence-electron chi connectivity index (χ0n) is 16.2. The third kappa shape index (κ3) is 6.40. The molecule has 0 heterocycles. The number of carboxylic acids is 1. The molecule has 3 aromatic rings. The van der Waals surface area contributed by atoms with Crippen LogP contribution >= 0.6 is 23.5 Å². The van der Waals surface area contributed by atoms with Crippen molar-refractivity contribution in [3.8, 4) is 16.9 Å². The van der Waals surface area contributed by atoms with Gasteiger partial charge in [0.15, 0.2) is 6.61 Å². The van der Waals surface area contributed by atoms with Gasteiger partial charge in [-0.25, -0.2) is 22.3 Å². The minimum atomic E-state index is -1.17. The SMILES string of the molecule is CN(Cc1ccc(OCC(=O)O)c(-c2cc(F)cc(F)c2)c1)Sc1ccc(F)c(Cl)c1. The third-order valence-electron chi connectivity index (χ3n) is 4.13. The number of rotatable bonds is 8. The molecule has 0 amide bonds. The summed E-state index contributed by atoms with van der Waals surface area (Å²) in [5.41, 5.74) is 1.37. The average Bonchev–Trinajstić information content (AvgIpc) is 2.69. The van der Waals surface area contributed by atoms with Crippen LogP contribution in [-0.2, 0) is 11.3 Å². The van der Waals surface area contributed by atoms with E-state index < -0.39 is 30.0 Å². The van der Waals surface area contributed by atoms with Gasteiger partial charge in [0.25, 0.3) is 0 Å². The van der Waals surface area contributed by atoms with Crippen LogP contribution in [0.25, 0.3) is 11.1 Å². The summed E-state index contributed by atoms with van der Waals surface area (Å²) >= 11 is 7.16. The van der Waals surface area contributed by atoms with Crippen molar-refractivity contribution in [2.75, 3.05) is 13.7 Å². The van der Waals surface area contributed by atoms with Crippen molar-refractivity contribution in [1.29, 1.82) is 0 Å². The monoisotopic (exact) mass is 467 g/mol. The molecule has 0 saturated carbocycles. The van der Waals surface area contributed by atoms with Gasteiger partial charge >= 0.3 is 5.97 Å². The maximum absolute atomic E-state index is 13.7. The van der Waals surface area contributed by atoms with Gasteiger partial charge in [0, 0.05) is 23.1 Å². The molecule has 0 aliphatic carbocycles. The van der Waals surface area contributed by atoms with Crippen LogP contribution in [0.15, 0.2) is 59.5 Å². The molecule has 0 saturated heterocycles. The Morgan fingerprint density at radius 2 is 1.77 bits per heavy atom. The molecule has 0 aliphatic rings. The highest BCUT2D eigenvalue weighted by Gasteiger charge is 2.14. The highest BCUT2D eigenvalue weighted by atomic mass is 35.5. The topological polar surface area (TPSA) is 49.8 Å². The number of benzene rings is 3. The molecule has 0 fully saturated rings. The molecule has 9 heteroatoms. The maximum atomic E-state index is 13.7. The standard InChI is InChI=1S/C22H17ClF3NO3S/c1-27(31-17-3-4-20(26)19(23)10-17)11-13-2-5-21(30-12-22(28)29)18(6-13)14-7-15(24)9-16(25)8-14/h2-10H,11-12H2,1H3,(H,28,29). The Morgan fingerprint density at radius 1 is 1.06 bits per heavy atom. The highest BCUT2D eigenvalue weighted by Crippen LogP contribution is 2.34. The van der Waals surface area contributed by atoms with Crippen LogP contribution in [0, 0.1) is 17.5 Å². The minimum Gasteiger partial charge on any atom is -0.481 e. The molecule has 0 atom stereocenters. The normalized spacial score (nSPS) is 11.0. The Morgan fingerprint density at radius 3 is 2.42 bits per heavy atom. The molecule has 3 rings (SSSR count). The number of nitrogens with zero attached hydrogens (tertiary/aromatic N) is 1. The van der Waals surface area contributed by atoms with E-state index >= 15 is 0 Å². The average molecular weight is 468 g/mol. The number of carboxylic acid groups (broad SMARTS) is 1. The first-order chi connectivity index (χ1) is 14.7. The Bertz CT molecular complexity index is 1090. The van der Waals surface area contributed by atoms with Gasteiger partial charge < -0.3 is 9.84 Å². The molecule has 0 bridgehead atoms. The second kappa shape index (κ2) is 10.1. The first-order valence-electron chi connectivity index (χ1n) is 8.99. The smallest absolute Gasteiger partial charge is 0.341 e. The van der Waals surface area contributed by atoms with E-state index in [1.807, 2.05) is 11.4 Å². The first kappa shape index (κ1) is 23.0. The highest BCUT2D eigenvalue weighted by molar-refractivity contribution is 7.97. The summed E-state index contributed by atoms with van der Waals surface area (Å²) in [6, 6.07) is 12.4. The van der Waals surface area contributed by atoms with Gasteiger partial charge in [-0.1, -0.05) is 17.7 Å². The van der Waals surface area contributed by atoms with E-state index in [9.17, 15) is 18.0 Å². The third-order valence-corrected chi connectivity index (χ3v) is 5.32. The molecule has 0 unspecified atom stereocenters. The van der Waals surface area contributed by atoms with Gasteiger partial charge in [-0.05, 0) is 72.6 Å². The fraction of sp³-hybridized carbons (Fsp3) is 0.136. The summed E-state index contributed by atoms with van der Waals surface area (Å²) in [5.74, 6) is -3.00. The molecule has 0 radical (unpaired) electrons. The van der Waals surface area contributed by atoms with Crippen molar-refractivity contribution in [1.82, 2.24) is 4.31 Å². The fourth-order valence-corrected chi connectivity index (χ4v) is 4.00. The zero-order chi connectivity index (χ0) is 22.5. The van der Waals surface area contributed by atoms with Crippen LogP contribution in [0.3, 0.4) is 0 Å². The number of carbonyl (C=O) groups is 1. The van der Waals surface area contributed by atoms with Gasteiger partial charge in [-0.3, -0.25) is 0 Å². The number of ether oxygens (including phenoxy) is 1. The minimum absolute atomic E-state index is 0.0220. The molecule has 162 valence electrons. The van der Waals surface area contributed by atoms with E-state index in [0.717, 1.165) is 28.7 Å². The quantitative estimate of drug-likeness (QED) is 0.410. The van der Waals surface area contributed by atoms with E-state index in [-0.39, 0.29) is 16.3 Å². The number of hydrogen-bond acceptors (Lipinski definition) is 4. The number of halogens is 4. The predicted octanol–water partition coefficient (Wildman–Crippen LogP) is 6.03. The Kier molecular flexibility index (Phi) is 7.48. The van der Waals surface area contributed by atoms with Crippen molar-refractivity contribution in [2.24, 2.45) is 0 Å². The largest absolute Gasteiger partial charge is 0.481 e. The van der Waals surface area contributed by atoms with Crippen LogP contribution < -0.4 is 4.74 Å². The van der Waals surface area contributed by atoms with Crippen molar-refractivity contribution in [3.63, 3.8) is 0 Å². The summed E-state index contributed by atoms with van der Waals surface area (Å²) in [6.45, 7) is -0.172. The van der Waals surface area contributed by atoms with Gasteiger partial charge in [0.2, 0.25) is 0 Å². The molecule has 1 N–H and O–H groups in total. The van der Waals surface area contributed by atoms with E-state index in [1.54, 1.807) is 24.3 Å². The lowest BCUT2D eigenvalue weighted by molar-refractivity contribution is -0.139. The summed E-state index contributed by atoms with van der Waals surface area (Å²) < 4.78 is 48.0.